The van der Waals surface area contributed by atoms with Gasteiger partial charge in [0.25, 0.3) is 0 Å². The molecule has 3 N–H and O–H groups in total. The molecule has 3 rings (SSSR count). The van der Waals surface area contributed by atoms with E-state index in [1.807, 2.05) is 24.1 Å². The Morgan fingerprint density at radius 1 is 1.05 bits per heavy atom. The van der Waals surface area contributed by atoms with Crippen molar-refractivity contribution in [2.75, 3.05) is 26.2 Å². The molecule has 2 aliphatic rings. The molecule has 16 heteroatoms. The summed E-state index contributed by atoms with van der Waals surface area (Å²) in [5.41, 5.74) is 0.641. The summed E-state index contributed by atoms with van der Waals surface area (Å²) in [7, 11) is 1.93. The van der Waals surface area contributed by atoms with Crippen molar-refractivity contribution in [3.8, 4) is 0 Å². The van der Waals surface area contributed by atoms with Crippen molar-refractivity contribution in [1.82, 2.24) is 19.6 Å². The van der Waals surface area contributed by atoms with Gasteiger partial charge in [-0.05, 0) is 33.2 Å². The third-order valence-electron chi connectivity index (χ3n) is 6.10. The minimum Gasteiger partial charge on any atom is -0.481 e. The van der Waals surface area contributed by atoms with Crippen molar-refractivity contribution in [3.05, 3.63) is 18.0 Å². The number of likely N-dealkylation sites (tertiary alicyclic amines) is 2. The predicted molar refractivity (Wildman–Crippen MR) is 115 cm³/mol. The largest absolute Gasteiger partial charge is 0.490 e. The van der Waals surface area contributed by atoms with Gasteiger partial charge in [0.2, 0.25) is 0 Å². The molecule has 0 unspecified atom stereocenters. The van der Waals surface area contributed by atoms with Gasteiger partial charge >= 0.3 is 30.3 Å². The summed E-state index contributed by atoms with van der Waals surface area (Å²) in [5, 5.41) is 28.4. The van der Waals surface area contributed by atoms with E-state index >= 15 is 0 Å². The van der Waals surface area contributed by atoms with Gasteiger partial charge in [-0.3, -0.25) is 19.3 Å². The monoisotopic (exact) mass is 548 g/mol. The van der Waals surface area contributed by atoms with E-state index in [9.17, 15) is 36.2 Å². The molecule has 1 aromatic rings. The fourth-order valence-corrected chi connectivity index (χ4v) is 4.25. The fourth-order valence-electron chi connectivity index (χ4n) is 4.25. The average molecular weight is 548 g/mol. The highest BCUT2D eigenvalue weighted by Gasteiger charge is 2.53. The number of aryl methyl sites for hydroxylation is 1. The molecule has 0 aromatic carbocycles. The van der Waals surface area contributed by atoms with Crippen molar-refractivity contribution in [3.63, 3.8) is 0 Å². The molecule has 10 nitrogen and oxygen atoms in total. The molecule has 0 radical (unpaired) electrons. The van der Waals surface area contributed by atoms with Crippen LogP contribution >= 0.6 is 0 Å². The van der Waals surface area contributed by atoms with Crippen molar-refractivity contribution < 1.29 is 56.0 Å². The molecule has 0 amide bonds. The van der Waals surface area contributed by atoms with Crippen LogP contribution in [0.25, 0.3) is 0 Å². The molecule has 1 aromatic heterocycles. The number of halogens is 6. The highest BCUT2D eigenvalue weighted by atomic mass is 19.4. The molecule has 2 saturated heterocycles. The van der Waals surface area contributed by atoms with Crippen molar-refractivity contribution in [2.24, 2.45) is 18.4 Å². The Morgan fingerprint density at radius 2 is 1.57 bits per heavy atom. The zero-order valence-electron chi connectivity index (χ0n) is 20.4. The van der Waals surface area contributed by atoms with Crippen LogP contribution in [0.1, 0.15) is 32.3 Å². The van der Waals surface area contributed by atoms with E-state index < -0.39 is 35.7 Å². The van der Waals surface area contributed by atoms with Crippen LogP contribution in [0.5, 0.6) is 0 Å². The van der Waals surface area contributed by atoms with E-state index in [1.54, 1.807) is 0 Å². The Labute approximate surface area is 208 Å². The first kappa shape index (κ1) is 32.1. The first-order chi connectivity index (χ1) is 16.8. The second-order valence-corrected chi connectivity index (χ2v) is 9.15. The summed E-state index contributed by atoms with van der Waals surface area (Å²) < 4.78 is 65.3. The van der Waals surface area contributed by atoms with Gasteiger partial charge < -0.3 is 15.3 Å². The number of aliphatic carboxylic acids is 3. The van der Waals surface area contributed by atoms with Gasteiger partial charge in [-0.1, -0.05) is 0 Å². The van der Waals surface area contributed by atoms with Gasteiger partial charge in [0.1, 0.15) is 0 Å². The molecule has 0 bridgehead atoms. The zero-order chi connectivity index (χ0) is 28.8. The number of hydrogen-bond acceptors (Lipinski definition) is 6. The lowest BCUT2D eigenvalue weighted by Crippen LogP contribution is -2.41. The van der Waals surface area contributed by atoms with Gasteiger partial charge in [-0.25, -0.2) is 9.59 Å². The number of nitrogens with zero attached hydrogens (tertiary/aromatic N) is 4. The first-order valence-corrected chi connectivity index (χ1v) is 11.1. The fraction of sp³-hybridized carbons (Fsp3) is 0.714. The summed E-state index contributed by atoms with van der Waals surface area (Å²) in [6, 6.07) is 0.407. The number of fused-ring (bicyclic) bond motifs is 1. The Hall–Kier alpha value is -2.88. The van der Waals surface area contributed by atoms with E-state index in [4.69, 9.17) is 19.8 Å². The molecule has 2 fully saturated rings. The number of carboxylic acids is 3. The van der Waals surface area contributed by atoms with E-state index in [-0.39, 0.29) is 5.92 Å². The van der Waals surface area contributed by atoms with E-state index in [0.717, 1.165) is 39.0 Å². The number of carbonyl (C=O) groups is 3. The minimum absolute atomic E-state index is 0.210. The van der Waals surface area contributed by atoms with Gasteiger partial charge in [-0.15, -0.1) is 0 Å². The SMILES string of the molecule is CC(C)N1C[C@@H]2CN(Cc3cnn(C)c3)CCC[C@]2(C(=O)O)C1.O=C(O)C(F)(F)F.O=C(O)C(F)(F)F. The lowest BCUT2D eigenvalue weighted by atomic mass is 9.75. The quantitative estimate of drug-likeness (QED) is 0.485. The van der Waals surface area contributed by atoms with Crippen LogP contribution in [0, 0.1) is 11.3 Å². The van der Waals surface area contributed by atoms with Gasteiger partial charge in [0.05, 0.1) is 11.6 Å². The maximum atomic E-state index is 12.1. The van der Waals surface area contributed by atoms with Crippen molar-refractivity contribution in [1.29, 1.82) is 0 Å². The van der Waals surface area contributed by atoms with Gasteiger partial charge in [0, 0.05) is 56.9 Å². The van der Waals surface area contributed by atoms with E-state index in [1.165, 1.54) is 5.56 Å². The lowest BCUT2D eigenvalue weighted by Gasteiger charge is -2.29. The highest BCUT2D eigenvalue weighted by molar-refractivity contribution is 5.76. The van der Waals surface area contributed by atoms with Crippen LogP contribution in [-0.2, 0) is 28.0 Å². The second kappa shape index (κ2) is 12.6. The Morgan fingerprint density at radius 3 is 1.95 bits per heavy atom. The van der Waals surface area contributed by atoms with Crippen LogP contribution in [0.3, 0.4) is 0 Å². The maximum Gasteiger partial charge on any atom is 0.490 e. The summed E-state index contributed by atoms with van der Waals surface area (Å²) in [4.78, 5) is 34.6. The maximum absolute atomic E-state index is 12.1. The number of carboxylic acid groups (broad SMARTS) is 3. The number of alkyl halides is 6. The molecule has 212 valence electrons. The third-order valence-corrected chi connectivity index (χ3v) is 6.10. The van der Waals surface area contributed by atoms with Crippen LogP contribution in [0.4, 0.5) is 26.3 Å². The van der Waals surface area contributed by atoms with E-state index in [0.29, 0.717) is 12.6 Å². The molecule has 0 saturated carbocycles. The third kappa shape index (κ3) is 9.50. The standard InChI is InChI=1S/C17H28N4O2.2C2HF3O2/c1-13(2)21-11-15-10-20(9-14-7-18-19(3)8-14)6-4-5-17(15,12-21)16(22)23;2*3-2(4,5)1(6)7/h7-8,13,15H,4-6,9-12H2,1-3H3,(H,22,23);2*(H,6,7)/t15-,17-;;/m0../s1. The smallest absolute Gasteiger partial charge is 0.481 e. The van der Waals surface area contributed by atoms with Crippen LogP contribution in [0.15, 0.2) is 12.4 Å². The Balaban J connectivity index is 0.000000404. The number of hydrogen-bond donors (Lipinski definition) is 3. The summed E-state index contributed by atoms with van der Waals surface area (Å²) in [5.74, 6) is -5.91. The topological polar surface area (TPSA) is 136 Å². The van der Waals surface area contributed by atoms with E-state index in [2.05, 4.69) is 28.7 Å². The second-order valence-electron chi connectivity index (χ2n) is 9.15. The van der Waals surface area contributed by atoms with Crippen molar-refractivity contribution in [2.45, 2.75) is 51.6 Å². The molecule has 2 aliphatic heterocycles. The lowest BCUT2D eigenvalue weighted by molar-refractivity contribution is -0.193. The summed E-state index contributed by atoms with van der Waals surface area (Å²) >= 11 is 0. The first-order valence-electron chi connectivity index (χ1n) is 11.1. The average Bonchev–Trinajstić information content (AvgIpc) is 3.27. The summed E-state index contributed by atoms with van der Waals surface area (Å²) in [6.07, 6.45) is -4.47. The van der Waals surface area contributed by atoms with Crippen molar-refractivity contribution >= 4 is 17.9 Å². The predicted octanol–water partition coefficient (Wildman–Crippen LogP) is 2.69. The molecule has 2 atom stereocenters. The molecular weight excluding hydrogens is 518 g/mol. The minimum atomic E-state index is -5.08. The number of rotatable bonds is 4. The van der Waals surface area contributed by atoms with Crippen LogP contribution in [-0.4, -0.2) is 97.4 Å². The Kier molecular flexibility index (Phi) is 10.9. The van der Waals surface area contributed by atoms with Gasteiger partial charge in [-0.2, -0.15) is 31.4 Å². The van der Waals surface area contributed by atoms with Crippen LogP contribution in [0.2, 0.25) is 0 Å². The highest BCUT2D eigenvalue weighted by Crippen LogP contribution is 2.43. The zero-order valence-corrected chi connectivity index (χ0v) is 20.4. The summed E-state index contributed by atoms with van der Waals surface area (Å²) in [6.45, 7) is 8.62. The Bertz CT molecular complexity index is 911. The molecule has 0 spiro atoms. The molecule has 0 aliphatic carbocycles. The van der Waals surface area contributed by atoms with Crippen LogP contribution < -0.4 is 0 Å². The van der Waals surface area contributed by atoms with Gasteiger partial charge in [0.15, 0.2) is 0 Å². The number of aromatic nitrogens is 2. The molecular formula is C21H30F6N4O6. The molecule has 37 heavy (non-hydrogen) atoms. The molecule has 3 heterocycles. The normalized spacial score (nSPS) is 22.7.